The van der Waals surface area contributed by atoms with Gasteiger partial charge >= 0.3 is 0 Å². The molecule has 2 heterocycles. The van der Waals surface area contributed by atoms with Crippen LogP contribution in [0, 0.1) is 6.92 Å². The van der Waals surface area contributed by atoms with Crippen molar-refractivity contribution >= 4 is 29.3 Å². The fourth-order valence-corrected chi connectivity index (χ4v) is 4.84. The van der Waals surface area contributed by atoms with Gasteiger partial charge in [0.25, 0.3) is 5.91 Å². The Kier molecular flexibility index (Phi) is 7.58. The molecular weight excluding hydrogens is 504 g/mol. The second-order valence-corrected chi connectivity index (χ2v) is 9.63. The molecule has 0 radical (unpaired) electrons. The number of rotatable bonds is 8. The minimum Gasteiger partial charge on any atom is -0.340 e. The summed E-state index contributed by atoms with van der Waals surface area (Å²) in [5, 5.41) is 13.0. The minimum atomic E-state index is -0.355. The Hall–Kier alpha value is -4.01. The van der Waals surface area contributed by atoms with Crippen molar-refractivity contribution in [2.75, 3.05) is 0 Å². The fourth-order valence-electron chi connectivity index (χ4n) is 3.87. The molecule has 0 spiro atoms. The summed E-state index contributed by atoms with van der Waals surface area (Å²) >= 11 is 7.80. The Morgan fingerprint density at radius 1 is 0.946 bits per heavy atom. The molecule has 0 saturated carbocycles. The number of nitrogens with zero attached hydrogens (tertiary/aromatic N) is 5. The van der Waals surface area contributed by atoms with Crippen molar-refractivity contribution in [3.05, 3.63) is 130 Å². The predicted octanol–water partition coefficient (Wildman–Crippen LogP) is 5.83. The van der Waals surface area contributed by atoms with Crippen molar-refractivity contribution in [3.8, 4) is 5.69 Å². The van der Waals surface area contributed by atoms with E-state index in [-0.39, 0.29) is 17.6 Å². The normalized spacial score (nSPS) is 11.0. The van der Waals surface area contributed by atoms with E-state index in [0.29, 0.717) is 21.6 Å². The zero-order chi connectivity index (χ0) is 25.6. The average Bonchev–Trinajstić information content (AvgIpc) is 3.37. The van der Waals surface area contributed by atoms with Gasteiger partial charge in [0.1, 0.15) is 0 Å². The lowest BCUT2D eigenvalue weighted by atomic mass is 9.98. The summed E-state index contributed by atoms with van der Waals surface area (Å²) in [4.78, 5) is 22.3. The molecule has 0 bridgehead atoms. The third-order valence-electron chi connectivity index (χ3n) is 5.80. The van der Waals surface area contributed by atoms with Crippen molar-refractivity contribution < 1.29 is 4.79 Å². The maximum Gasteiger partial charge on any atom is 0.274 e. The molecule has 1 N–H and O–H groups in total. The highest BCUT2D eigenvalue weighted by Crippen LogP contribution is 2.27. The van der Waals surface area contributed by atoms with Crippen LogP contribution in [0.2, 0.25) is 5.02 Å². The van der Waals surface area contributed by atoms with Crippen molar-refractivity contribution in [1.82, 2.24) is 30.3 Å². The molecular formula is C28H23ClN6OS. The third kappa shape index (κ3) is 5.71. The number of amides is 1. The molecule has 2 aromatic heterocycles. The summed E-state index contributed by atoms with van der Waals surface area (Å²) in [5.74, 6) is 0.0545. The number of hydrogen-bond acceptors (Lipinski definition) is 6. The Bertz CT molecular complexity index is 1460. The van der Waals surface area contributed by atoms with Crippen LogP contribution in [0.15, 0.2) is 102 Å². The molecule has 3 aromatic carbocycles. The van der Waals surface area contributed by atoms with Crippen LogP contribution in [0.3, 0.4) is 0 Å². The number of carbonyl (C=O) groups excluding carboxylic acids is 1. The van der Waals surface area contributed by atoms with Gasteiger partial charge in [-0.3, -0.25) is 4.79 Å². The lowest BCUT2D eigenvalue weighted by Crippen LogP contribution is -2.30. The molecule has 0 saturated heterocycles. The molecule has 37 heavy (non-hydrogen) atoms. The lowest BCUT2D eigenvalue weighted by Gasteiger charge is -2.19. The van der Waals surface area contributed by atoms with E-state index in [2.05, 4.69) is 25.6 Å². The largest absolute Gasteiger partial charge is 0.340 e. The molecule has 7 nitrogen and oxygen atoms in total. The van der Waals surface area contributed by atoms with Crippen LogP contribution in [0.4, 0.5) is 0 Å². The highest BCUT2D eigenvalue weighted by Gasteiger charge is 2.25. The molecule has 5 aromatic rings. The SMILES string of the molecule is Cc1ccc(-n2nnc(C(=O)NC(c3ccccc3)c3ccccc3)c2CSc2ncccn2)cc1Cl. The topological polar surface area (TPSA) is 85.6 Å². The summed E-state index contributed by atoms with van der Waals surface area (Å²) in [6.07, 6.45) is 3.37. The number of thioether (sulfide) groups is 1. The number of nitrogens with one attached hydrogen (secondary N) is 1. The number of aryl methyl sites for hydroxylation is 1. The first-order valence-electron chi connectivity index (χ1n) is 11.6. The van der Waals surface area contributed by atoms with E-state index in [1.54, 1.807) is 23.1 Å². The van der Waals surface area contributed by atoms with E-state index < -0.39 is 0 Å². The van der Waals surface area contributed by atoms with Crippen LogP contribution in [0.5, 0.6) is 0 Å². The lowest BCUT2D eigenvalue weighted by molar-refractivity contribution is 0.0937. The molecule has 0 unspecified atom stereocenters. The van der Waals surface area contributed by atoms with Gasteiger partial charge in [0.05, 0.1) is 17.4 Å². The molecule has 184 valence electrons. The van der Waals surface area contributed by atoms with Crippen LogP contribution in [-0.4, -0.2) is 30.9 Å². The van der Waals surface area contributed by atoms with Gasteiger partial charge in [0.15, 0.2) is 10.9 Å². The van der Waals surface area contributed by atoms with Gasteiger partial charge < -0.3 is 5.32 Å². The van der Waals surface area contributed by atoms with Gasteiger partial charge in [0, 0.05) is 23.2 Å². The van der Waals surface area contributed by atoms with E-state index in [0.717, 1.165) is 22.4 Å². The first-order chi connectivity index (χ1) is 18.1. The summed E-state index contributed by atoms with van der Waals surface area (Å²) in [7, 11) is 0. The summed E-state index contributed by atoms with van der Waals surface area (Å²) in [5.41, 5.74) is 4.45. The van der Waals surface area contributed by atoms with E-state index in [1.807, 2.05) is 85.8 Å². The van der Waals surface area contributed by atoms with Crippen molar-refractivity contribution in [2.24, 2.45) is 0 Å². The highest BCUT2D eigenvalue weighted by atomic mass is 35.5. The van der Waals surface area contributed by atoms with Gasteiger partial charge in [0.2, 0.25) is 0 Å². The molecule has 5 rings (SSSR count). The van der Waals surface area contributed by atoms with Gasteiger partial charge in [-0.05, 0) is 41.8 Å². The Morgan fingerprint density at radius 3 is 2.22 bits per heavy atom. The van der Waals surface area contributed by atoms with Gasteiger partial charge in [-0.1, -0.05) is 95.3 Å². The standard InChI is InChI=1S/C28H23ClN6OS/c1-19-13-14-22(17-23(19)29)35-24(18-37-28-30-15-8-16-31-28)26(33-34-35)27(36)32-25(20-9-4-2-5-10-20)21-11-6-3-7-12-21/h2-17,25H,18H2,1H3,(H,32,36). The summed E-state index contributed by atoms with van der Waals surface area (Å²) in [6.45, 7) is 1.93. The molecule has 0 fully saturated rings. The van der Waals surface area contributed by atoms with Crippen molar-refractivity contribution in [2.45, 2.75) is 23.9 Å². The van der Waals surface area contributed by atoms with E-state index in [4.69, 9.17) is 11.6 Å². The third-order valence-corrected chi connectivity index (χ3v) is 7.09. The zero-order valence-electron chi connectivity index (χ0n) is 20.0. The molecule has 0 aliphatic rings. The summed E-state index contributed by atoms with van der Waals surface area (Å²) < 4.78 is 1.65. The summed E-state index contributed by atoms with van der Waals surface area (Å²) in [6, 6.07) is 26.7. The number of benzene rings is 3. The number of halogens is 1. The molecule has 0 atom stereocenters. The number of carbonyl (C=O) groups is 1. The first kappa shape index (κ1) is 24.7. The first-order valence-corrected chi connectivity index (χ1v) is 13.0. The van der Waals surface area contributed by atoms with Gasteiger partial charge in [-0.25, -0.2) is 14.6 Å². The van der Waals surface area contributed by atoms with E-state index >= 15 is 0 Å². The number of aromatic nitrogens is 5. The second-order valence-electron chi connectivity index (χ2n) is 8.28. The minimum absolute atomic E-state index is 0.233. The van der Waals surface area contributed by atoms with E-state index in [9.17, 15) is 4.79 Å². The van der Waals surface area contributed by atoms with Crippen molar-refractivity contribution in [3.63, 3.8) is 0 Å². The Labute approximate surface area is 223 Å². The smallest absolute Gasteiger partial charge is 0.274 e. The van der Waals surface area contributed by atoms with Crippen LogP contribution < -0.4 is 5.32 Å². The molecule has 0 aliphatic carbocycles. The van der Waals surface area contributed by atoms with Crippen LogP contribution in [0.1, 0.15) is 38.9 Å². The second kappa shape index (κ2) is 11.4. The molecule has 0 aliphatic heterocycles. The molecule has 9 heteroatoms. The maximum atomic E-state index is 13.7. The maximum absolute atomic E-state index is 13.7. The predicted molar refractivity (Wildman–Crippen MR) is 145 cm³/mol. The van der Waals surface area contributed by atoms with Crippen LogP contribution >= 0.6 is 23.4 Å². The average molecular weight is 527 g/mol. The van der Waals surface area contributed by atoms with Gasteiger partial charge in [-0.2, -0.15) is 0 Å². The van der Waals surface area contributed by atoms with Gasteiger partial charge in [-0.15, -0.1) is 5.10 Å². The number of hydrogen-bond donors (Lipinski definition) is 1. The van der Waals surface area contributed by atoms with E-state index in [1.165, 1.54) is 11.8 Å². The van der Waals surface area contributed by atoms with Crippen molar-refractivity contribution in [1.29, 1.82) is 0 Å². The Morgan fingerprint density at radius 2 is 1.59 bits per heavy atom. The monoisotopic (exact) mass is 526 g/mol. The molecule has 1 amide bonds. The zero-order valence-corrected chi connectivity index (χ0v) is 21.5. The van der Waals surface area contributed by atoms with Crippen LogP contribution in [0.25, 0.3) is 5.69 Å². The highest BCUT2D eigenvalue weighted by molar-refractivity contribution is 7.98. The van der Waals surface area contributed by atoms with Crippen LogP contribution in [-0.2, 0) is 5.75 Å². The Balaban J connectivity index is 1.51. The fraction of sp³-hybridized carbons (Fsp3) is 0.107. The quantitative estimate of drug-likeness (QED) is 0.202.